The van der Waals surface area contributed by atoms with E-state index in [-0.39, 0.29) is 11.3 Å². The molecule has 0 spiro atoms. The van der Waals surface area contributed by atoms with E-state index >= 15 is 0 Å². The normalized spacial score (nSPS) is 18.8. The average Bonchev–Trinajstić information content (AvgIpc) is 2.67. The Kier molecular flexibility index (Phi) is 9.34. The Morgan fingerprint density at radius 3 is 2.25 bits per heavy atom. The Bertz CT molecular complexity index is 682. The van der Waals surface area contributed by atoms with Gasteiger partial charge in [-0.2, -0.15) is 0 Å². The van der Waals surface area contributed by atoms with Crippen molar-refractivity contribution >= 4 is 29.5 Å². The van der Waals surface area contributed by atoms with Gasteiger partial charge in [0.05, 0.1) is 19.8 Å². The molecule has 0 aromatic carbocycles. The molecule has 1 unspecified atom stereocenters. The SMILES string of the molecule is CCCCCNC(=O)COC(=O)[C@@H]1C(C(=O)OC)=C(C)N=C(C)C1C(=O)OC. The number of hydrogen-bond donors (Lipinski definition) is 1. The molecule has 9 nitrogen and oxygen atoms in total. The maximum atomic E-state index is 12.7. The maximum absolute atomic E-state index is 12.7. The van der Waals surface area contributed by atoms with E-state index in [0.29, 0.717) is 12.3 Å². The summed E-state index contributed by atoms with van der Waals surface area (Å²) in [5, 5.41) is 2.65. The van der Waals surface area contributed by atoms with E-state index in [1.54, 1.807) is 6.92 Å². The third-order valence-electron chi connectivity index (χ3n) is 4.39. The van der Waals surface area contributed by atoms with E-state index in [2.05, 4.69) is 10.3 Å². The molecule has 1 heterocycles. The molecule has 0 saturated carbocycles. The summed E-state index contributed by atoms with van der Waals surface area (Å²) in [7, 11) is 2.33. The summed E-state index contributed by atoms with van der Waals surface area (Å²) in [5.41, 5.74) is 0.468. The standard InChI is InChI=1S/C19H28N2O7/c1-6-7-8-9-20-13(22)10-28-19(25)16-14(17(23)26-4)11(2)21-12(3)15(16)18(24)27-5/h14,16H,6-10H2,1-5H3,(H,20,22)/t14?,16-/m0/s1. The van der Waals surface area contributed by atoms with Crippen molar-refractivity contribution in [3.8, 4) is 0 Å². The van der Waals surface area contributed by atoms with Crippen molar-refractivity contribution in [2.45, 2.75) is 40.0 Å². The Balaban J connectivity index is 2.97. The van der Waals surface area contributed by atoms with Gasteiger partial charge in [0.1, 0.15) is 11.8 Å². The fraction of sp³-hybridized carbons (Fsp3) is 0.632. The van der Waals surface area contributed by atoms with Crippen LogP contribution < -0.4 is 5.32 Å². The third kappa shape index (κ3) is 5.90. The lowest BCUT2D eigenvalue weighted by Crippen LogP contribution is -2.43. The molecule has 9 heteroatoms. The molecule has 0 aromatic heterocycles. The minimum absolute atomic E-state index is 0.0862. The fourth-order valence-corrected chi connectivity index (χ4v) is 2.98. The van der Waals surface area contributed by atoms with Crippen LogP contribution in [-0.4, -0.2) is 56.9 Å². The molecular weight excluding hydrogens is 368 g/mol. The molecule has 1 aliphatic heterocycles. The number of hydrogen-bond acceptors (Lipinski definition) is 8. The summed E-state index contributed by atoms with van der Waals surface area (Å²) in [6.45, 7) is 5.10. The zero-order valence-electron chi connectivity index (χ0n) is 17.0. The Morgan fingerprint density at radius 1 is 1.00 bits per heavy atom. The van der Waals surface area contributed by atoms with Crippen LogP contribution in [0.4, 0.5) is 0 Å². The molecule has 1 amide bonds. The van der Waals surface area contributed by atoms with Crippen LogP contribution in [0.5, 0.6) is 0 Å². The van der Waals surface area contributed by atoms with Gasteiger partial charge >= 0.3 is 17.9 Å². The Hall–Kier alpha value is -2.71. The highest BCUT2D eigenvalue weighted by atomic mass is 16.5. The number of unbranched alkanes of at least 4 members (excludes halogenated alkanes) is 2. The van der Waals surface area contributed by atoms with Crippen LogP contribution in [0.25, 0.3) is 0 Å². The molecule has 0 bridgehead atoms. The number of carbonyl (C=O) groups is 4. The van der Waals surface area contributed by atoms with Crippen LogP contribution in [-0.2, 0) is 33.4 Å². The van der Waals surface area contributed by atoms with Gasteiger partial charge in [0.25, 0.3) is 5.91 Å². The molecule has 0 aromatic rings. The third-order valence-corrected chi connectivity index (χ3v) is 4.39. The number of aliphatic imine (C=N–C) groups is 1. The summed E-state index contributed by atoms with van der Waals surface area (Å²) in [4.78, 5) is 53.2. The first-order chi connectivity index (χ1) is 13.3. The van der Waals surface area contributed by atoms with Crippen LogP contribution in [0.15, 0.2) is 16.3 Å². The number of carbonyl (C=O) groups excluding carboxylic acids is 4. The lowest BCUT2D eigenvalue weighted by molar-refractivity contribution is -0.158. The first-order valence-corrected chi connectivity index (χ1v) is 9.13. The largest absolute Gasteiger partial charge is 0.468 e. The Labute approximate surface area is 164 Å². The van der Waals surface area contributed by atoms with Crippen LogP contribution in [0.3, 0.4) is 0 Å². The van der Waals surface area contributed by atoms with Gasteiger partial charge in [-0.15, -0.1) is 0 Å². The molecule has 0 aliphatic carbocycles. The number of allylic oxidation sites excluding steroid dienone is 1. The van der Waals surface area contributed by atoms with Gasteiger partial charge in [-0.1, -0.05) is 19.8 Å². The maximum Gasteiger partial charge on any atom is 0.336 e. The fourth-order valence-electron chi connectivity index (χ4n) is 2.98. The topological polar surface area (TPSA) is 120 Å². The molecule has 1 aliphatic rings. The van der Waals surface area contributed by atoms with Crippen molar-refractivity contribution in [2.24, 2.45) is 16.8 Å². The predicted molar refractivity (Wildman–Crippen MR) is 100 cm³/mol. The summed E-state index contributed by atoms with van der Waals surface area (Å²) in [6.07, 6.45) is 2.83. The van der Waals surface area contributed by atoms with E-state index in [0.717, 1.165) is 26.4 Å². The second-order valence-corrected chi connectivity index (χ2v) is 6.39. The van der Waals surface area contributed by atoms with Gasteiger partial charge < -0.3 is 19.5 Å². The van der Waals surface area contributed by atoms with Gasteiger partial charge in [-0.05, 0) is 20.3 Å². The second kappa shape index (κ2) is 11.2. The summed E-state index contributed by atoms with van der Waals surface area (Å²) < 4.78 is 14.6. The first kappa shape index (κ1) is 23.3. The van der Waals surface area contributed by atoms with E-state index in [1.807, 2.05) is 6.92 Å². The molecule has 0 saturated heterocycles. The zero-order chi connectivity index (χ0) is 21.3. The van der Waals surface area contributed by atoms with E-state index in [1.165, 1.54) is 14.0 Å². The highest BCUT2D eigenvalue weighted by molar-refractivity contribution is 6.10. The van der Waals surface area contributed by atoms with Gasteiger partial charge in [-0.25, -0.2) is 4.79 Å². The van der Waals surface area contributed by atoms with Gasteiger partial charge in [0.2, 0.25) is 0 Å². The lowest BCUT2D eigenvalue weighted by Gasteiger charge is -2.29. The number of nitrogens with one attached hydrogen (secondary N) is 1. The molecule has 156 valence electrons. The Morgan fingerprint density at radius 2 is 1.68 bits per heavy atom. The second-order valence-electron chi connectivity index (χ2n) is 6.39. The monoisotopic (exact) mass is 396 g/mol. The number of amides is 1. The van der Waals surface area contributed by atoms with E-state index < -0.39 is 42.3 Å². The average molecular weight is 396 g/mol. The highest BCUT2D eigenvalue weighted by Gasteiger charge is 2.46. The lowest BCUT2D eigenvalue weighted by atomic mass is 9.80. The highest BCUT2D eigenvalue weighted by Crippen LogP contribution is 2.33. The molecule has 0 radical (unpaired) electrons. The minimum Gasteiger partial charge on any atom is -0.468 e. The van der Waals surface area contributed by atoms with Crippen LogP contribution >= 0.6 is 0 Å². The van der Waals surface area contributed by atoms with E-state index in [4.69, 9.17) is 14.2 Å². The number of esters is 3. The van der Waals surface area contributed by atoms with E-state index in [9.17, 15) is 19.2 Å². The molecule has 1 rings (SSSR count). The molecule has 2 atom stereocenters. The molecule has 1 N–H and O–H groups in total. The van der Waals surface area contributed by atoms with Crippen molar-refractivity contribution in [3.63, 3.8) is 0 Å². The summed E-state index contributed by atoms with van der Waals surface area (Å²) in [5.74, 6) is -5.32. The summed E-state index contributed by atoms with van der Waals surface area (Å²) >= 11 is 0. The van der Waals surface area contributed by atoms with Crippen molar-refractivity contribution in [2.75, 3.05) is 27.4 Å². The van der Waals surface area contributed by atoms with Gasteiger partial charge in [0.15, 0.2) is 6.61 Å². The minimum atomic E-state index is -1.30. The molecule has 28 heavy (non-hydrogen) atoms. The predicted octanol–water partition coefficient (Wildman–Crippen LogP) is 1.16. The van der Waals surface area contributed by atoms with Gasteiger partial charge in [0, 0.05) is 18.0 Å². The summed E-state index contributed by atoms with van der Waals surface area (Å²) in [6, 6.07) is 0. The number of ether oxygens (including phenoxy) is 3. The number of rotatable bonds is 9. The molecular formula is C19H28N2O7. The quantitative estimate of drug-likeness (QED) is 0.353. The van der Waals surface area contributed by atoms with Crippen molar-refractivity contribution in [3.05, 3.63) is 11.3 Å². The van der Waals surface area contributed by atoms with Crippen molar-refractivity contribution < 1.29 is 33.4 Å². The van der Waals surface area contributed by atoms with Gasteiger partial charge in [-0.3, -0.25) is 19.4 Å². The van der Waals surface area contributed by atoms with Crippen LogP contribution in [0.2, 0.25) is 0 Å². The first-order valence-electron chi connectivity index (χ1n) is 9.13. The molecule has 0 fully saturated rings. The number of methoxy groups -OCH3 is 2. The van der Waals surface area contributed by atoms with Crippen molar-refractivity contribution in [1.29, 1.82) is 0 Å². The smallest absolute Gasteiger partial charge is 0.336 e. The zero-order valence-corrected chi connectivity index (χ0v) is 17.0. The van der Waals surface area contributed by atoms with Crippen LogP contribution in [0, 0.1) is 11.8 Å². The number of nitrogens with zero attached hydrogens (tertiary/aromatic N) is 1. The van der Waals surface area contributed by atoms with Crippen molar-refractivity contribution in [1.82, 2.24) is 5.32 Å². The van der Waals surface area contributed by atoms with Crippen LogP contribution in [0.1, 0.15) is 40.0 Å².